The van der Waals surface area contributed by atoms with Gasteiger partial charge < -0.3 is 25.2 Å². The van der Waals surface area contributed by atoms with Gasteiger partial charge in [-0.15, -0.1) is 0 Å². The van der Waals surface area contributed by atoms with Crippen molar-refractivity contribution in [1.29, 1.82) is 0 Å². The molecule has 0 aliphatic carbocycles. The van der Waals surface area contributed by atoms with Gasteiger partial charge in [-0.3, -0.25) is 9.48 Å². The number of likely N-dealkylation sites (N-methyl/N-ethyl adjacent to an activating group) is 1. The summed E-state index contributed by atoms with van der Waals surface area (Å²) < 4.78 is 33.6. The average molecular weight is 535 g/mol. The Bertz CT molecular complexity index is 1520. The first-order valence-electron chi connectivity index (χ1n) is 12.3. The van der Waals surface area contributed by atoms with Crippen molar-refractivity contribution in [2.75, 3.05) is 48.8 Å². The third kappa shape index (κ3) is 5.80. The average Bonchev–Trinajstić information content (AvgIpc) is 3.30. The van der Waals surface area contributed by atoms with Crippen molar-refractivity contribution in [2.45, 2.75) is 6.61 Å². The number of aryl methyl sites for hydroxylation is 1. The van der Waals surface area contributed by atoms with Crippen LogP contribution < -0.4 is 20.3 Å². The zero-order valence-corrected chi connectivity index (χ0v) is 21.6. The fourth-order valence-corrected chi connectivity index (χ4v) is 4.48. The minimum absolute atomic E-state index is 0.0769. The molecule has 0 radical (unpaired) electrons. The molecule has 39 heavy (non-hydrogen) atoms. The highest BCUT2D eigenvalue weighted by molar-refractivity contribution is 6.02. The highest BCUT2D eigenvalue weighted by Gasteiger charge is 2.22. The standard InChI is InChI=1S/C27H28F2N8O2/c1-4-26(38)34-20-12-21(24(39-27(28)29)14-23(20)37-9-7-35(2)8-10-37)33-25-13-19(30-16-31-25)17-5-6-18-15-32-36(3)22(18)11-17/h4-6,11-16,27H,1,7-10H2,2-3H3,(H,34,38)(H,30,31,33). The van der Waals surface area contributed by atoms with Crippen LogP contribution in [0.4, 0.5) is 31.7 Å². The molecule has 1 saturated heterocycles. The number of carbonyl (C=O) groups excluding carboxylic acids is 1. The van der Waals surface area contributed by atoms with Crippen LogP contribution in [0.25, 0.3) is 22.2 Å². The second kappa shape index (κ2) is 11.0. The van der Waals surface area contributed by atoms with Crippen LogP contribution in [0.5, 0.6) is 5.75 Å². The molecule has 2 aromatic heterocycles. The second-order valence-electron chi connectivity index (χ2n) is 9.18. The van der Waals surface area contributed by atoms with Crippen LogP contribution in [-0.4, -0.2) is 70.4 Å². The normalized spacial score (nSPS) is 14.0. The summed E-state index contributed by atoms with van der Waals surface area (Å²) in [6, 6.07) is 10.6. The molecule has 0 atom stereocenters. The lowest BCUT2D eigenvalue weighted by atomic mass is 10.1. The van der Waals surface area contributed by atoms with Gasteiger partial charge in [-0.2, -0.15) is 13.9 Å². The molecule has 1 amide bonds. The number of aromatic nitrogens is 4. The number of nitrogens with zero attached hydrogens (tertiary/aromatic N) is 6. The maximum absolute atomic E-state index is 13.5. The minimum atomic E-state index is -3.05. The molecule has 2 N–H and O–H groups in total. The van der Waals surface area contributed by atoms with Crippen LogP contribution in [0.15, 0.2) is 61.6 Å². The van der Waals surface area contributed by atoms with Crippen LogP contribution in [0.1, 0.15) is 0 Å². The molecule has 3 heterocycles. The Morgan fingerprint density at radius 2 is 1.87 bits per heavy atom. The van der Waals surface area contributed by atoms with Gasteiger partial charge >= 0.3 is 6.61 Å². The van der Waals surface area contributed by atoms with E-state index in [0.29, 0.717) is 36.0 Å². The highest BCUT2D eigenvalue weighted by Crippen LogP contribution is 2.40. The monoisotopic (exact) mass is 534 g/mol. The third-order valence-electron chi connectivity index (χ3n) is 6.58. The first kappa shape index (κ1) is 26.0. The van der Waals surface area contributed by atoms with E-state index in [9.17, 15) is 13.6 Å². The van der Waals surface area contributed by atoms with Crippen LogP contribution in [-0.2, 0) is 11.8 Å². The van der Waals surface area contributed by atoms with Gasteiger partial charge in [0.25, 0.3) is 0 Å². The lowest BCUT2D eigenvalue weighted by Gasteiger charge is -2.35. The summed E-state index contributed by atoms with van der Waals surface area (Å²) in [4.78, 5) is 25.1. The number of amides is 1. The number of anilines is 4. The smallest absolute Gasteiger partial charge is 0.387 e. The Kier molecular flexibility index (Phi) is 7.37. The number of carbonyl (C=O) groups is 1. The molecular weight excluding hydrogens is 506 g/mol. The summed E-state index contributed by atoms with van der Waals surface area (Å²) in [6.45, 7) is 3.36. The summed E-state index contributed by atoms with van der Waals surface area (Å²) in [5.41, 5.74) is 3.62. The number of rotatable bonds is 8. The molecule has 1 fully saturated rings. The third-order valence-corrected chi connectivity index (χ3v) is 6.58. The fourth-order valence-electron chi connectivity index (χ4n) is 4.48. The van der Waals surface area contributed by atoms with Gasteiger partial charge in [0.15, 0.2) is 5.75 Å². The molecule has 4 aromatic rings. The highest BCUT2D eigenvalue weighted by atomic mass is 19.3. The molecule has 0 unspecified atom stereocenters. The van der Waals surface area contributed by atoms with E-state index in [1.807, 2.05) is 37.2 Å². The van der Waals surface area contributed by atoms with E-state index >= 15 is 0 Å². The number of alkyl halides is 2. The van der Waals surface area contributed by atoms with E-state index < -0.39 is 12.5 Å². The molecule has 0 spiro atoms. The van der Waals surface area contributed by atoms with E-state index in [-0.39, 0.29) is 11.4 Å². The summed E-state index contributed by atoms with van der Waals surface area (Å²) in [7, 11) is 3.87. The molecule has 5 rings (SSSR count). The van der Waals surface area contributed by atoms with Crippen molar-refractivity contribution in [2.24, 2.45) is 7.05 Å². The molecule has 202 valence electrons. The Hall–Kier alpha value is -4.58. The number of fused-ring (bicyclic) bond motifs is 1. The van der Waals surface area contributed by atoms with Crippen LogP contribution in [0.3, 0.4) is 0 Å². The quantitative estimate of drug-likeness (QED) is 0.324. The van der Waals surface area contributed by atoms with Gasteiger partial charge in [0.2, 0.25) is 5.91 Å². The molecular formula is C27H28F2N8O2. The zero-order chi connectivity index (χ0) is 27.5. The lowest BCUT2D eigenvalue weighted by molar-refractivity contribution is -0.111. The van der Waals surface area contributed by atoms with Crippen molar-refractivity contribution in [3.63, 3.8) is 0 Å². The van der Waals surface area contributed by atoms with Crippen molar-refractivity contribution in [1.82, 2.24) is 24.6 Å². The van der Waals surface area contributed by atoms with Crippen molar-refractivity contribution >= 4 is 39.7 Å². The molecule has 0 bridgehead atoms. The van der Waals surface area contributed by atoms with Crippen molar-refractivity contribution in [3.05, 3.63) is 61.6 Å². The van der Waals surface area contributed by atoms with E-state index in [2.05, 4.69) is 37.2 Å². The SMILES string of the molecule is C=CC(=O)Nc1cc(Nc2cc(-c3ccc4cnn(C)c4c3)ncn2)c(OC(F)F)cc1N1CCN(C)CC1. The Morgan fingerprint density at radius 1 is 1.08 bits per heavy atom. The van der Waals surface area contributed by atoms with Gasteiger partial charge in [-0.1, -0.05) is 18.7 Å². The van der Waals surface area contributed by atoms with Crippen LogP contribution in [0.2, 0.25) is 0 Å². The number of hydrogen-bond donors (Lipinski definition) is 2. The van der Waals surface area contributed by atoms with E-state index in [1.165, 1.54) is 12.4 Å². The molecule has 2 aromatic carbocycles. The van der Waals surface area contributed by atoms with Gasteiger partial charge in [0, 0.05) is 56.3 Å². The zero-order valence-electron chi connectivity index (χ0n) is 21.6. The summed E-state index contributed by atoms with van der Waals surface area (Å²) in [6.07, 6.45) is 4.32. The molecule has 1 aliphatic heterocycles. The predicted molar refractivity (Wildman–Crippen MR) is 147 cm³/mol. The van der Waals surface area contributed by atoms with E-state index in [4.69, 9.17) is 4.74 Å². The summed E-state index contributed by atoms with van der Waals surface area (Å²) in [5.74, 6) is -0.140. The Morgan fingerprint density at radius 3 is 2.62 bits per heavy atom. The predicted octanol–water partition coefficient (Wildman–Crippen LogP) is 4.25. The van der Waals surface area contributed by atoms with Gasteiger partial charge in [-0.25, -0.2) is 9.97 Å². The molecule has 1 aliphatic rings. The fraction of sp³-hybridized carbons (Fsp3) is 0.259. The first-order valence-corrected chi connectivity index (χ1v) is 12.3. The van der Waals surface area contributed by atoms with E-state index in [0.717, 1.165) is 35.6 Å². The Balaban J connectivity index is 1.52. The molecule has 10 nitrogen and oxygen atoms in total. The summed E-state index contributed by atoms with van der Waals surface area (Å²) >= 11 is 0. The van der Waals surface area contributed by atoms with Gasteiger partial charge in [0.1, 0.15) is 12.1 Å². The minimum Gasteiger partial charge on any atom is -0.433 e. The maximum atomic E-state index is 13.5. The Labute approximate surface area is 223 Å². The molecule has 12 heteroatoms. The number of hydrogen-bond acceptors (Lipinski definition) is 8. The van der Waals surface area contributed by atoms with Crippen molar-refractivity contribution < 1.29 is 18.3 Å². The second-order valence-corrected chi connectivity index (χ2v) is 9.18. The van der Waals surface area contributed by atoms with Gasteiger partial charge in [0.05, 0.1) is 34.5 Å². The number of halogens is 2. The topological polar surface area (TPSA) is 100 Å². The number of ether oxygens (including phenoxy) is 1. The van der Waals surface area contributed by atoms with E-state index in [1.54, 1.807) is 23.0 Å². The summed E-state index contributed by atoms with van der Waals surface area (Å²) in [5, 5.41) is 11.1. The first-order chi connectivity index (χ1) is 18.8. The molecule has 0 saturated carbocycles. The van der Waals surface area contributed by atoms with Crippen LogP contribution in [0, 0.1) is 0 Å². The number of nitrogens with one attached hydrogen (secondary N) is 2. The van der Waals surface area contributed by atoms with Crippen molar-refractivity contribution in [3.8, 4) is 17.0 Å². The number of benzene rings is 2. The number of piperazine rings is 1. The van der Waals surface area contributed by atoms with Crippen LogP contribution >= 0.6 is 0 Å². The maximum Gasteiger partial charge on any atom is 0.387 e. The largest absolute Gasteiger partial charge is 0.433 e. The lowest BCUT2D eigenvalue weighted by Crippen LogP contribution is -2.44. The van der Waals surface area contributed by atoms with Gasteiger partial charge in [-0.05, 0) is 25.3 Å².